The largest absolute Gasteiger partial charge is 0.435 e. The van der Waals surface area contributed by atoms with Gasteiger partial charge in [0.15, 0.2) is 17.3 Å². The fourth-order valence-electron chi connectivity index (χ4n) is 1.56. The van der Waals surface area contributed by atoms with Crippen LogP contribution < -0.4 is 14.8 Å². The Balaban J connectivity index is 2.32. The summed E-state index contributed by atoms with van der Waals surface area (Å²) in [6.45, 7) is 1.55. The van der Waals surface area contributed by atoms with Gasteiger partial charge in [0.2, 0.25) is 7.85 Å². The molecule has 90 valence electrons. The summed E-state index contributed by atoms with van der Waals surface area (Å²) in [4.78, 5) is 12.1. The van der Waals surface area contributed by atoms with Crippen LogP contribution in [0.25, 0.3) is 0 Å². The minimum absolute atomic E-state index is 0.192. The Bertz CT molecular complexity index is 502. The molecule has 0 saturated carbocycles. The highest BCUT2D eigenvalue weighted by atomic mass is 16.8. The zero-order valence-electron chi connectivity index (χ0n) is 10.1. The highest BCUT2D eigenvalue weighted by Gasteiger charge is 2.35. The summed E-state index contributed by atoms with van der Waals surface area (Å²) in [6, 6.07) is 4.43. The van der Waals surface area contributed by atoms with Crippen LogP contribution in [-0.4, -0.2) is 44.9 Å². The van der Waals surface area contributed by atoms with Gasteiger partial charge in [0.1, 0.15) is 7.85 Å². The van der Waals surface area contributed by atoms with Crippen LogP contribution in [0.1, 0.15) is 17.3 Å². The van der Waals surface area contributed by atoms with E-state index in [1.807, 2.05) is 0 Å². The molecule has 0 amide bonds. The molecule has 2 N–H and O–H groups in total. The van der Waals surface area contributed by atoms with E-state index in [9.17, 15) is 9.90 Å². The maximum absolute atomic E-state index is 12.1. The molecule has 2 rings (SSSR count). The first-order chi connectivity index (χ1) is 8.25. The van der Waals surface area contributed by atoms with Gasteiger partial charge in [0, 0.05) is 11.0 Å². The molecule has 7 heteroatoms. The van der Waals surface area contributed by atoms with Crippen LogP contribution in [0.3, 0.4) is 0 Å². The van der Waals surface area contributed by atoms with Gasteiger partial charge in [-0.3, -0.25) is 4.79 Å². The molecule has 18 heavy (non-hydrogen) atoms. The molecule has 1 aliphatic rings. The molecule has 0 fully saturated rings. The van der Waals surface area contributed by atoms with Gasteiger partial charge >= 0.3 is 5.87 Å². The van der Waals surface area contributed by atoms with Gasteiger partial charge in [-0.15, -0.1) is 0 Å². The van der Waals surface area contributed by atoms with E-state index in [4.69, 9.17) is 25.2 Å². The number of benzene rings is 1. The number of ether oxygens (including phenoxy) is 2. The highest BCUT2D eigenvalue weighted by molar-refractivity contribution is 6.32. The zero-order chi connectivity index (χ0) is 13.6. The first-order valence-electron chi connectivity index (χ1n) is 5.31. The fourth-order valence-corrected chi connectivity index (χ4v) is 1.56. The standard InChI is InChI=1S/C11H11B2NO4/c1-10(12,14-2)9(15)6-3-4-7-8(5-6)18-11(13,16)17-7/h3-5,14,16H,1-2H3/t10-,11?/m0/s1. The lowest BCUT2D eigenvalue weighted by atomic mass is 9.74. The van der Waals surface area contributed by atoms with Crippen LogP contribution in [0.2, 0.25) is 0 Å². The SMILES string of the molecule is [B]C1(O)Oc2ccc(C(=O)[C@]([B])(C)NC)cc2O1. The van der Waals surface area contributed by atoms with Crippen LogP contribution >= 0.6 is 0 Å². The number of rotatable bonds is 3. The number of ketones is 1. The number of nitrogens with one attached hydrogen (secondary N) is 1. The van der Waals surface area contributed by atoms with Crippen molar-refractivity contribution in [1.82, 2.24) is 5.32 Å². The molecule has 1 aliphatic heterocycles. The summed E-state index contributed by atoms with van der Waals surface area (Å²) < 4.78 is 9.82. The Morgan fingerprint density at radius 1 is 1.44 bits per heavy atom. The Morgan fingerprint density at radius 3 is 2.67 bits per heavy atom. The average molecular weight is 243 g/mol. The molecule has 1 heterocycles. The molecular weight excluding hydrogens is 232 g/mol. The normalized spacial score (nSPS) is 24.6. The van der Waals surface area contributed by atoms with Gasteiger partial charge in [-0.2, -0.15) is 0 Å². The number of likely N-dealkylation sites (N-methyl/N-ethyl adjacent to an activating group) is 1. The first-order valence-corrected chi connectivity index (χ1v) is 5.31. The third-order valence-corrected chi connectivity index (χ3v) is 2.71. The van der Waals surface area contributed by atoms with Crippen molar-refractivity contribution in [2.24, 2.45) is 0 Å². The van der Waals surface area contributed by atoms with Gasteiger partial charge in [0.25, 0.3) is 0 Å². The molecule has 1 aromatic rings. The summed E-state index contributed by atoms with van der Waals surface area (Å²) in [5, 5.41) is 12.1. The number of Topliss-reactive ketones (excluding diaryl/α,β-unsaturated/α-hetero) is 1. The molecule has 0 saturated heterocycles. The summed E-state index contributed by atoms with van der Waals surface area (Å²) >= 11 is 0. The van der Waals surface area contributed by atoms with E-state index < -0.39 is 11.3 Å². The molecule has 1 unspecified atom stereocenters. The van der Waals surface area contributed by atoms with E-state index >= 15 is 0 Å². The van der Waals surface area contributed by atoms with Gasteiger partial charge in [0.05, 0.1) is 0 Å². The van der Waals surface area contributed by atoms with Crippen molar-refractivity contribution in [3.05, 3.63) is 23.8 Å². The number of hydrogen-bond donors (Lipinski definition) is 2. The van der Waals surface area contributed by atoms with E-state index in [2.05, 4.69) is 5.32 Å². The summed E-state index contributed by atoms with van der Waals surface area (Å²) in [5.41, 5.74) is -0.860. The van der Waals surface area contributed by atoms with Crippen LogP contribution in [0.15, 0.2) is 18.2 Å². The smallest absolute Gasteiger partial charge is 0.302 e. The van der Waals surface area contributed by atoms with Crippen molar-refractivity contribution in [3.63, 3.8) is 0 Å². The van der Waals surface area contributed by atoms with Crippen LogP contribution in [0.4, 0.5) is 0 Å². The second-order valence-corrected chi connectivity index (χ2v) is 4.28. The van der Waals surface area contributed by atoms with E-state index in [0.717, 1.165) is 0 Å². The number of hydrogen-bond acceptors (Lipinski definition) is 5. The minimum atomic E-state index is -2.20. The van der Waals surface area contributed by atoms with Crippen molar-refractivity contribution in [2.75, 3.05) is 7.05 Å². The van der Waals surface area contributed by atoms with Crippen molar-refractivity contribution >= 4 is 21.5 Å². The Kier molecular flexibility index (Phi) is 2.91. The van der Waals surface area contributed by atoms with Gasteiger partial charge in [-0.05, 0) is 32.2 Å². The Hall–Kier alpha value is -1.46. The Morgan fingerprint density at radius 2 is 2.06 bits per heavy atom. The van der Waals surface area contributed by atoms with Gasteiger partial charge in [-0.25, -0.2) is 0 Å². The lowest BCUT2D eigenvalue weighted by Crippen LogP contribution is -2.48. The average Bonchev–Trinajstić information content (AvgIpc) is 2.60. The molecular formula is C11H11B2NO4. The van der Waals surface area contributed by atoms with Gasteiger partial charge in [-0.1, -0.05) is 0 Å². The predicted molar refractivity (Wildman–Crippen MR) is 66.0 cm³/mol. The van der Waals surface area contributed by atoms with Crippen molar-refractivity contribution in [2.45, 2.75) is 18.2 Å². The monoisotopic (exact) mass is 243 g/mol. The van der Waals surface area contributed by atoms with Crippen LogP contribution in [0.5, 0.6) is 11.5 Å². The van der Waals surface area contributed by atoms with Crippen molar-refractivity contribution in [3.8, 4) is 11.5 Å². The predicted octanol–water partition coefficient (Wildman–Crippen LogP) is -0.483. The first kappa shape index (κ1) is 13.0. The second-order valence-electron chi connectivity index (χ2n) is 4.28. The lowest BCUT2D eigenvalue weighted by Gasteiger charge is -2.22. The molecule has 0 aromatic heterocycles. The summed E-state index contributed by atoms with van der Waals surface area (Å²) in [7, 11) is 12.6. The quantitative estimate of drug-likeness (QED) is 0.554. The molecule has 0 bridgehead atoms. The summed E-state index contributed by atoms with van der Waals surface area (Å²) in [5.74, 6) is -2.06. The van der Waals surface area contributed by atoms with Crippen LogP contribution in [-0.2, 0) is 0 Å². The number of carbonyl (C=O) groups is 1. The third kappa shape index (κ3) is 2.23. The van der Waals surface area contributed by atoms with Gasteiger partial charge < -0.3 is 19.9 Å². The fraction of sp³-hybridized carbons (Fsp3) is 0.364. The molecule has 4 radical (unpaired) electrons. The zero-order valence-corrected chi connectivity index (χ0v) is 10.1. The van der Waals surface area contributed by atoms with E-state index in [1.54, 1.807) is 14.0 Å². The third-order valence-electron chi connectivity index (χ3n) is 2.71. The molecule has 1 aromatic carbocycles. The molecule has 0 spiro atoms. The van der Waals surface area contributed by atoms with Crippen molar-refractivity contribution < 1.29 is 19.4 Å². The number of carbonyl (C=O) groups excluding carboxylic acids is 1. The Labute approximate surface area is 107 Å². The van der Waals surface area contributed by atoms with Crippen LogP contribution in [0, 0.1) is 0 Å². The minimum Gasteiger partial charge on any atom is -0.435 e. The topological polar surface area (TPSA) is 67.8 Å². The number of fused-ring (bicyclic) bond motifs is 1. The molecule has 5 nitrogen and oxygen atoms in total. The molecule has 2 atom stereocenters. The maximum Gasteiger partial charge on any atom is 0.302 e. The maximum atomic E-state index is 12.1. The lowest BCUT2D eigenvalue weighted by molar-refractivity contribution is -0.178. The van der Waals surface area contributed by atoms with E-state index in [1.165, 1.54) is 18.2 Å². The summed E-state index contributed by atoms with van der Waals surface area (Å²) in [6.07, 6.45) is 0. The van der Waals surface area contributed by atoms with E-state index in [0.29, 0.717) is 5.56 Å². The molecule has 0 aliphatic carbocycles. The van der Waals surface area contributed by atoms with Crippen molar-refractivity contribution in [1.29, 1.82) is 0 Å². The second kappa shape index (κ2) is 4.03. The van der Waals surface area contributed by atoms with E-state index in [-0.39, 0.29) is 17.3 Å². The number of aliphatic hydroxyl groups is 1. The highest BCUT2D eigenvalue weighted by Crippen LogP contribution is 2.38.